The Morgan fingerprint density at radius 2 is 0.978 bits per heavy atom. The number of aliphatic hydroxyl groups is 2. The van der Waals surface area contributed by atoms with Gasteiger partial charge < -0.3 is 15.5 Å². The highest BCUT2D eigenvalue weighted by Crippen LogP contribution is 2.08. The van der Waals surface area contributed by atoms with Crippen molar-refractivity contribution in [1.29, 1.82) is 0 Å². The normalized spacial score (nSPS) is 14.3. The molecule has 0 saturated carbocycles. The van der Waals surface area contributed by atoms with Crippen LogP contribution in [0.2, 0.25) is 0 Å². The van der Waals surface area contributed by atoms with E-state index in [4.69, 9.17) is 0 Å². The van der Waals surface area contributed by atoms with Crippen molar-refractivity contribution in [2.24, 2.45) is 0 Å². The summed E-state index contributed by atoms with van der Waals surface area (Å²) in [6.07, 6.45) is 54.9. The molecule has 0 aliphatic carbocycles. The molecule has 0 aliphatic rings. The molecular formula is C42H69NO3. The molecule has 0 bridgehead atoms. The molecule has 0 radical (unpaired) electrons. The van der Waals surface area contributed by atoms with E-state index >= 15 is 0 Å². The van der Waals surface area contributed by atoms with Crippen LogP contribution >= 0.6 is 0 Å². The second-order valence-corrected chi connectivity index (χ2v) is 11.9. The fourth-order valence-electron chi connectivity index (χ4n) is 4.70. The van der Waals surface area contributed by atoms with E-state index in [-0.39, 0.29) is 12.5 Å². The third kappa shape index (κ3) is 32.7. The van der Waals surface area contributed by atoms with Crippen molar-refractivity contribution in [3.05, 3.63) is 97.2 Å². The summed E-state index contributed by atoms with van der Waals surface area (Å²) in [4.78, 5) is 12.3. The predicted molar refractivity (Wildman–Crippen MR) is 202 cm³/mol. The maximum atomic E-state index is 12.3. The van der Waals surface area contributed by atoms with Crippen LogP contribution in [-0.2, 0) is 4.79 Å². The second kappa shape index (κ2) is 36.8. The molecule has 2 atom stereocenters. The quantitative estimate of drug-likeness (QED) is 0.0524. The standard InChI is InChI=1S/C42H69NO3/c1-3-5-7-9-11-13-15-17-19-20-21-22-24-26-28-30-32-34-36-38-42(46)43-40(39-44)41(45)37-35-33-31-29-27-25-23-18-16-14-12-10-8-6-4-2/h5,7,11,13,16-19,21-22,26-29,35,37,40-41,44-45H,3-4,6,8-10,12,14-15,20,23-25,30-34,36,38-39H2,1-2H3,(H,43,46)/b7-5-,13-11-,18-16+,19-17-,22-21-,28-26-,29-27+,37-35+. The first kappa shape index (κ1) is 43.3. The fraction of sp³-hybridized carbons (Fsp3) is 0.595. The van der Waals surface area contributed by atoms with Gasteiger partial charge in [-0.1, -0.05) is 143 Å². The van der Waals surface area contributed by atoms with Gasteiger partial charge >= 0.3 is 0 Å². The molecule has 0 rings (SSSR count). The molecule has 3 N–H and O–H groups in total. The van der Waals surface area contributed by atoms with Gasteiger partial charge in [-0.2, -0.15) is 0 Å². The van der Waals surface area contributed by atoms with Crippen LogP contribution in [-0.4, -0.2) is 34.9 Å². The van der Waals surface area contributed by atoms with Crippen LogP contribution in [0.25, 0.3) is 0 Å². The van der Waals surface area contributed by atoms with Gasteiger partial charge in [-0.25, -0.2) is 0 Å². The van der Waals surface area contributed by atoms with E-state index in [9.17, 15) is 15.0 Å². The monoisotopic (exact) mass is 636 g/mol. The molecule has 46 heavy (non-hydrogen) atoms. The summed E-state index contributed by atoms with van der Waals surface area (Å²) < 4.78 is 0. The van der Waals surface area contributed by atoms with Crippen LogP contribution in [0, 0.1) is 0 Å². The van der Waals surface area contributed by atoms with Crippen LogP contribution in [0.5, 0.6) is 0 Å². The summed E-state index contributed by atoms with van der Waals surface area (Å²) >= 11 is 0. The second-order valence-electron chi connectivity index (χ2n) is 11.9. The van der Waals surface area contributed by atoms with Gasteiger partial charge in [0.1, 0.15) is 0 Å². The number of hydrogen-bond donors (Lipinski definition) is 3. The highest BCUT2D eigenvalue weighted by atomic mass is 16.3. The minimum Gasteiger partial charge on any atom is -0.394 e. The van der Waals surface area contributed by atoms with Crippen LogP contribution in [0.15, 0.2) is 97.2 Å². The number of carbonyl (C=O) groups excluding carboxylic acids is 1. The minimum atomic E-state index is -0.889. The highest BCUT2D eigenvalue weighted by Gasteiger charge is 2.17. The lowest BCUT2D eigenvalue weighted by Crippen LogP contribution is -2.45. The Morgan fingerprint density at radius 1 is 0.543 bits per heavy atom. The average molecular weight is 636 g/mol. The fourth-order valence-corrected chi connectivity index (χ4v) is 4.70. The Kier molecular flexibility index (Phi) is 34.6. The first-order valence-electron chi connectivity index (χ1n) is 18.5. The maximum absolute atomic E-state index is 12.3. The van der Waals surface area contributed by atoms with Gasteiger partial charge in [0.2, 0.25) is 5.91 Å². The summed E-state index contributed by atoms with van der Waals surface area (Å²) in [7, 11) is 0. The van der Waals surface area contributed by atoms with E-state index in [1.54, 1.807) is 6.08 Å². The van der Waals surface area contributed by atoms with Crippen molar-refractivity contribution in [3.8, 4) is 0 Å². The minimum absolute atomic E-state index is 0.116. The van der Waals surface area contributed by atoms with Gasteiger partial charge in [-0.3, -0.25) is 4.79 Å². The first-order chi connectivity index (χ1) is 22.7. The molecule has 0 saturated heterocycles. The molecule has 0 aliphatic heterocycles. The Hall–Kier alpha value is -2.69. The summed E-state index contributed by atoms with van der Waals surface area (Å²) in [6, 6.07) is -0.668. The van der Waals surface area contributed by atoms with Crippen molar-refractivity contribution in [2.75, 3.05) is 6.61 Å². The molecule has 0 fully saturated rings. The van der Waals surface area contributed by atoms with Gasteiger partial charge in [0.25, 0.3) is 0 Å². The summed E-state index contributed by atoms with van der Waals surface area (Å²) in [5.74, 6) is -0.116. The Morgan fingerprint density at radius 3 is 1.50 bits per heavy atom. The molecule has 260 valence electrons. The molecule has 4 nitrogen and oxygen atoms in total. The maximum Gasteiger partial charge on any atom is 0.220 e. The molecule has 1 amide bonds. The Balaban J connectivity index is 3.83. The molecule has 4 heteroatoms. The molecular weight excluding hydrogens is 566 g/mol. The van der Waals surface area contributed by atoms with Crippen LogP contribution < -0.4 is 5.32 Å². The molecule has 0 heterocycles. The zero-order valence-corrected chi connectivity index (χ0v) is 29.5. The number of carbonyl (C=O) groups is 1. The van der Waals surface area contributed by atoms with Crippen molar-refractivity contribution >= 4 is 5.91 Å². The van der Waals surface area contributed by atoms with E-state index in [2.05, 4.69) is 104 Å². The summed E-state index contributed by atoms with van der Waals surface area (Å²) in [5, 5.41) is 22.8. The lowest BCUT2D eigenvalue weighted by molar-refractivity contribution is -0.123. The molecule has 0 aromatic carbocycles. The molecule has 0 spiro atoms. The van der Waals surface area contributed by atoms with Gasteiger partial charge in [0.05, 0.1) is 18.8 Å². The molecule has 0 aromatic heterocycles. The summed E-state index contributed by atoms with van der Waals surface area (Å²) in [6.45, 7) is 4.12. The SMILES string of the molecule is CC/C=C\C/C=C\C/C=C\C/C=C\C/C=C\CCCCCC(=O)NC(CO)C(O)/C=C/CC/C=C/CC/C=C/CCCCCCC. The number of rotatable bonds is 31. The smallest absolute Gasteiger partial charge is 0.220 e. The number of aliphatic hydroxyl groups excluding tert-OH is 2. The third-order valence-corrected chi connectivity index (χ3v) is 7.53. The van der Waals surface area contributed by atoms with Gasteiger partial charge in [-0.05, 0) is 89.9 Å². The summed E-state index contributed by atoms with van der Waals surface area (Å²) in [5.41, 5.74) is 0. The largest absolute Gasteiger partial charge is 0.394 e. The van der Waals surface area contributed by atoms with Crippen LogP contribution in [0.3, 0.4) is 0 Å². The lowest BCUT2D eigenvalue weighted by Gasteiger charge is -2.19. The van der Waals surface area contributed by atoms with Gasteiger partial charge in [0.15, 0.2) is 0 Å². The Bertz CT molecular complexity index is 906. The number of unbranched alkanes of at least 4 members (excludes halogenated alkanes) is 10. The number of hydrogen-bond acceptors (Lipinski definition) is 3. The first-order valence-corrected chi connectivity index (χ1v) is 18.5. The van der Waals surface area contributed by atoms with Crippen LogP contribution in [0.1, 0.15) is 142 Å². The van der Waals surface area contributed by atoms with E-state index in [0.29, 0.717) is 6.42 Å². The zero-order chi connectivity index (χ0) is 33.6. The Labute approximate surface area is 283 Å². The van der Waals surface area contributed by atoms with E-state index in [1.807, 2.05) is 6.08 Å². The van der Waals surface area contributed by atoms with E-state index in [1.165, 1.54) is 38.5 Å². The van der Waals surface area contributed by atoms with Crippen LogP contribution in [0.4, 0.5) is 0 Å². The van der Waals surface area contributed by atoms with E-state index < -0.39 is 12.1 Å². The third-order valence-electron chi connectivity index (χ3n) is 7.53. The van der Waals surface area contributed by atoms with Crippen molar-refractivity contribution in [2.45, 2.75) is 154 Å². The van der Waals surface area contributed by atoms with Gasteiger partial charge in [0, 0.05) is 6.42 Å². The van der Waals surface area contributed by atoms with Crippen molar-refractivity contribution < 1.29 is 15.0 Å². The van der Waals surface area contributed by atoms with Crippen molar-refractivity contribution in [3.63, 3.8) is 0 Å². The van der Waals surface area contributed by atoms with E-state index in [0.717, 1.165) is 83.5 Å². The number of allylic oxidation sites excluding steroid dienone is 15. The average Bonchev–Trinajstić information content (AvgIpc) is 3.06. The predicted octanol–water partition coefficient (Wildman–Crippen LogP) is 11.1. The van der Waals surface area contributed by atoms with Crippen molar-refractivity contribution in [1.82, 2.24) is 5.32 Å². The van der Waals surface area contributed by atoms with Gasteiger partial charge in [-0.15, -0.1) is 0 Å². The zero-order valence-electron chi connectivity index (χ0n) is 29.5. The number of nitrogens with one attached hydrogen (secondary N) is 1. The number of amides is 1. The lowest BCUT2D eigenvalue weighted by atomic mass is 10.1. The topological polar surface area (TPSA) is 69.6 Å². The molecule has 0 aromatic rings. The highest BCUT2D eigenvalue weighted by molar-refractivity contribution is 5.76. The molecule has 2 unspecified atom stereocenters.